The van der Waals surface area contributed by atoms with Gasteiger partial charge >= 0.3 is 36.1 Å². The molecule has 2 saturated carbocycles. The van der Waals surface area contributed by atoms with Crippen molar-refractivity contribution in [2.45, 2.75) is 113 Å². The maximum atomic E-state index is 12.8. The molecule has 0 aromatic carbocycles. The summed E-state index contributed by atoms with van der Waals surface area (Å²) < 4.78 is 79.8. The number of terminal acetylenes is 1. The molecule has 19 heteroatoms. The summed E-state index contributed by atoms with van der Waals surface area (Å²) in [6.45, 7) is 19.6. The third-order valence-electron chi connectivity index (χ3n) is 10.9. The molecule has 8 atom stereocenters. The number of alkyl halides is 6. The van der Waals surface area contributed by atoms with Crippen molar-refractivity contribution in [1.82, 2.24) is 20.4 Å². The standard InChI is InChI=1S/C16H23F3N2O4.C15H21F3N2O4.C4H6.C3H4.ClH/c1-7(2)10(20-14(24)16(17,18)19)12(22)21-6-8-9(15(8,3)4)11(21)13(23)25-5;1-6(2)9(19-13(24)15(16,17)18)11(21)20-5-7-8(14(7,3)4)10(20)12(22)23;1-3-4-2;1-3-2;/h7-11H,6H2,1-5H3,(H,20,24);6-10H,5H2,1-4H3,(H,19,24)(H,22,23);1-2H3;1H,2H3;1H/t8-,9-,10-,11-;7-,8-,9-,10-;;;/m00.../s1. The highest BCUT2D eigenvalue weighted by Gasteiger charge is 2.71. The molecule has 4 amide bonds. The highest BCUT2D eigenvalue weighted by atomic mass is 35.5. The minimum atomic E-state index is -5.10. The number of methoxy groups -OCH3 is 1. The van der Waals surface area contributed by atoms with Crippen LogP contribution in [-0.4, -0.2) is 107 Å². The van der Waals surface area contributed by atoms with E-state index >= 15 is 0 Å². The first-order chi connectivity index (χ1) is 25.5. The van der Waals surface area contributed by atoms with E-state index in [0.717, 1.165) is 4.90 Å². The summed E-state index contributed by atoms with van der Waals surface area (Å²) in [4.78, 5) is 73.9. The van der Waals surface area contributed by atoms with Crippen LogP contribution in [0.1, 0.15) is 76.2 Å². The summed E-state index contributed by atoms with van der Waals surface area (Å²) in [7, 11) is 1.21. The molecule has 3 N–H and O–H groups in total. The van der Waals surface area contributed by atoms with Gasteiger partial charge in [0.1, 0.15) is 24.2 Å². The average molecular weight is 845 g/mol. The smallest absolute Gasteiger partial charge is 0.471 e. The maximum Gasteiger partial charge on any atom is 0.471 e. The van der Waals surface area contributed by atoms with Crippen LogP contribution in [-0.2, 0) is 33.5 Å². The summed E-state index contributed by atoms with van der Waals surface area (Å²) in [5.74, 6) is -1.37. The molecule has 2 aliphatic carbocycles. The highest BCUT2D eigenvalue weighted by Crippen LogP contribution is 2.66. The summed E-state index contributed by atoms with van der Waals surface area (Å²) in [5.41, 5.74) is -0.333. The van der Waals surface area contributed by atoms with E-state index in [-0.39, 0.29) is 60.0 Å². The van der Waals surface area contributed by atoms with Crippen LogP contribution in [0.3, 0.4) is 0 Å². The van der Waals surface area contributed by atoms with E-state index in [1.165, 1.54) is 39.7 Å². The van der Waals surface area contributed by atoms with Gasteiger partial charge in [-0.1, -0.05) is 55.4 Å². The van der Waals surface area contributed by atoms with Crippen LogP contribution in [0.15, 0.2) is 0 Å². The second-order valence-electron chi connectivity index (χ2n) is 15.8. The van der Waals surface area contributed by atoms with Gasteiger partial charge in [0.05, 0.1) is 7.11 Å². The van der Waals surface area contributed by atoms with Crippen molar-refractivity contribution in [3.05, 3.63) is 0 Å². The molecule has 57 heavy (non-hydrogen) atoms. The normalized spacial score (nSPS) is 25.1. The van der Waals surface area contributed by atoms with Crippen LogP contribution in [0.25, 0.3) is 0 Å². The van der Waals surface area contributed by atoms with Crippen LogP contribution in [0.2, 0.25) is 0 Å². The number of rotatable bonds is 8. The minimum Gasteiger partial charge on any atom is -0.480 e. The highest BCUT2D eigenvalue weighted by molar-refractivity contribution is 5.94. The molecular formula is C38H55ClF6N4O8. The van der Waals surface area contributed by atoms with Gasteiger partial charge in [-0.15, -0.1) is 36.6 Å². The summed E-state index contributed by atoms with van der Waals surface area (Å²) in [5, 5.41) is 12.9. The Morgan fingerprint density at radius 2 is 1.02 bits per heavy atom. The lowest BCUT2D eigenvalue weighted by atomic mass is 9.98. The lowest BCUT2D eigenvalue weighted by molar-refractivity contribution is -0.175. The number of nitrogens with zero attached hydrogens (tertiary/aromatic N) is 2. The van der Waals surface area contributed by atoms with Crippen LogP contribution in [0.4, 0.5) is 26.3 Å². The van der Waals surface area contributed by atoms with E-state index in [0.29, 0.717) is 0 Å². The zero-order valence-electron chi connectivity index (χ0n) is 34.1. The largest absolute Gasteiger partial charge is 0.480 e. The number of carbonyl (C=O) groups excluding carboxylic acids is 5. The van der Waals surface area contributed by atoms with Crippen LogP contribution in [0, 0.1) is 70.5 Å². The fraction of sp³-hybridized carbons (Fsp3) is 0.737. The Morgan fingerprint density at radius 1 is 0.719 bits per heavy atom. The quantitative estimate of drug-likeness (QED) is 0.180. The van der Waals surface area contributed by atoms with Gasteiger partial charge in [0.2, 0.25) is 11.8 Å². The number of carbonyl (C=O) groups is 6. The average Bonchev–Trinajstić information content (AvgIpc) is 3.55. The van der Waals surface area contributed by atoms with Crippen molar-refractivity contribution in [1.29, 1.82) is 0 Å². The number of carboxylic acid groups (broad SMARTS) is 1. The number of aliphatic carboxylic acids is 1. The van der Waals surface area contributed by atoms with Crippen molar-refractivity contribution in [2.24, 2.45) is 46.3 Å². The summed E-state index contributed by atoms with van der Waals surface area (Å²) >= 11 is 0. The molecule has 0 radical (unpaired) electrons. The predicted octanol–water partition coefficient (Wildman–Crippen LogP) is 4.69. The first-order valence-corrected chi connectivity index (χ1v) is 17.8. The summed E-state index contributed by atoms with van der Waals surface area (Å²) in [6.07, 6.45) is -5.58. The Bertz CT molecular complexity index is 1590. The molecule has 324 valence electrons. The molecule has 4 rings (SSSR count). The second-order valence-corrected chi connectivity index (χ2v) is 15.8. The number of piperidine rings is 2. The number of fused-ring (bicyclic) bond motifs is 2. The van der Waals surface area contributed by atoms with Gasteiger partial charge < -0.3 is 30.3 Å². The predicted molar refractivity (Wildman–Crippen MR) is 199 cm³/mol. The molecule has 2 heterocycles. The number of nitrogens with one attached hydrogen (secondary N) is 2. The van der Waals surface area contributed by atoms with Gasteiger partial charge in [-0.05, 0) is 55.3 Å². The van der Waals surface area contributed by atoms with Gasteiger partial charge in [-0.3, -0.25) is 19.2 Å². The van der Waals surface area contributed by atoms with Crippen molar-refractivity contribution >= 4 is 48.0 Å². The molecule has 0 bridgehead atoms. The lowest BCUT2D eigenvalue weighted by Crippen LogP contribution is -2.57. The number of ether oxygens (including phenoxy) is 1. The van der Waals surface area contributed by atoms with Crippen LogP contribution < -0.4 is 10.6 Å². The first kappa shape index (κ1) is 52.8. The van der Waals surface area contributed by atoms with Crippen molar-refractivity contribution in [3.63, 3.8) is 0 Å². The van der Waals surface area contributed by atoms with E-state index in [2.05, 4.69) is 24.2 Å². The number of halogens is 7. The Balaban J connectivity index is 0.000000932. The molecular weight excluding hydrogens is 790 g/mol. The van der Waals surface area contributed by atoms with Crippen molar-refractivity contribution in [2.75, 3.05) is 20.2 Å². The fourth-order valence-electron chi connectivity index (χ4n) is 7.53. The zero-order valence-corrected chi connectivity index (χ0v) is 35.0. The number of hydrogen-bond donors (Lipinski definition) is 3. The van der Waals surface area contributed by atoms with Gasteiger partial charge in [0.15, 0.2) is 0 Å². The minimum absolute atomic E-state index is 0. The van der Waals surface area contributed by atoms with Crippen molar-refractivity contribution < 1.29 is 65.0 Å². The number of likely N-dealkylation sites (tertiary alicyclic amines) is 2. The Labute approximate surface area is 336 Å². The molecule has 0 aromatic rings. The lowest BCUT2D eigenvalue weighted by Gasteiger charge is -2.33. The topological polar surface area (TPSA) is 162 Å². The SMILES string of the molecule is C#CC.CC#CC.CC(C)[C@H](NC(=O)C(F)(F)F)C(=O)N1C[C@H]2[C@@H]([C@H]1C(=O)O)C2(C)C.COC(=O)[C@@H]1[C@@H]2[C@H](CN1C(=O)[C@@H](NC(=O)C(F)(F)F)C(C)C)C2(C)C.Cl. The first-order valence-electron chi connectivity index (χ1n) is 17.8. The Hall–Kier alpha value is -4.19. The number of esters is 1. The second kappa shape index (κ2) is 20.0. The molecule has 0 unspecified atom stereocenters. The fourth-order valence-corrected chi connectivity index (χ4v) is 7.53. The summed E-state index contributed by atoms with van der Waals surface area (Å²) in [6, 6.07) is -4.67. The maximum absolute atomic E-state index is 12.8. The van der Waals surface area contributed by atoms with E-state index in [1.807, 2.05) is 41.5 Å². The van der Waals surface area contributed by atoms with Crippen molar-refractivity contribution in [3.8, 4) is 24.2 Å². The van der Waals surface area contributed by atoms with Crippen LogP contribution >= 0.6 is 12.4 Å². The van der Waals surface area contributed by atoms with E-state index < -0.39 is 83.9 Å². The number of amides is 4. The number of carboxylic acids is 1. The van der Waals surface area contributed by atoms with Crippen LogP contribution in [0.5, 0.6) is 0 Å². The van der Waals surface area contributed by atoms with E-state index in [4.69, 9.17) is 4.74 Å². The molecule has 2 saturated heterocycles. The Kier molecular flexibility index (Phi) is 18.5. The monoisotopic (exact) mass is 844 g/mol. The third kappa shape index (κ3) is 12.2. The molecule has 0 aromatic heterocycles. The van der Waals surface area contributed by atoms with E-state index in [9.17, 15) is 60.2 Å². The van der Waals surface area contributed by atoms with Gasteiger partial charge in [-0.2, -0.15) is 26.3 Å². The molecule has 2 aliphatic heterocycles. The third-order valence-corrected chi connectivity index (χ3v) is 10.9. The van der Waals surface area contributed by atoms with Gasteiger partial charge in [-0.25, -0.2) is 9.59 Å². The molecule has 4 fully saturated rings. The Morgan fingerprint density at radius 3 is 1.26 bits per heavy atom. The molecule has 4 aliphatic rings. The number of hydrogen-bond acceptors (Lipinski definition) is 7. The van der Waals surface area contributed by atoms with E-state index in [1.54, 1.807) is 17.6 Å². The zero-order chi connectivity index (χ0) is 44.0. The van der Waals surface area contributed by atoms with Gasteiger partial charge in [0, 0.05) is 24.9 Å². The molecule has 12 nitrogen and oxygen atoms in total. The van der Waals surface area contributed by atoms with Gasteiger partial charge in [0.25, 0.3) is 0 Å². The molecule has 0 spiro atoms.